The molecule has 1 aliphatic carbocycles. The summed E-state index contributed by atoms with van der Waals surface area (Å²) in [6, 6.07) is 4.55. The van der Waals surface area contributed by atoms with Crippen LogP contribution in [0.15, 0.2) is 58.1 Å². The van der Waals surface area contributed by atoms with Gasteiger partial charge in [-0.1, -0.05) is 23.8 Å². The molecule has 6 nitrogen and oxygen atoms in total. The number of rotatable bonds is 3. The molecule has 0 aromatic heterocycles. The Bertz CT molecular complexity index is 1030. The van der Waals surface area contributed by atoms with Crippen LogP contribution in [-0.4, -0.2) is 30.7 Å². The van der Waals surface area contributed by atoms with Gasteiger partial charge in [0.15, 0.2) is 0 Å². The fraction of sp³-hybridized carbons (Fsp3) is 0.417. The molecule has 8 heteroatoms. The minimum absolute atomic E-state index is 0.0456. The quantitative estimate of drug-likeness (QED) is 0.688. The highest BCUT2D eigenvalue weighted by Gasteiger charge is 2.47. The van der Waals surface area contributed by atoms with Crippen molar-refractivity contribution in [2.75, 3.05) is 18.5 Å². The summed E-state index contributed by atoms with van der Waals surface area (Å²) < 4.78 is 26.4. The first-order chi connectivity index (χ1) is 15.3. The zero-order valence-electron chi connectivity index (χ0n) is 18.0. The molecule has 1 unspecified atom stereocenters. The van der Waals surface area contributed by atoms with Crippen molar-refractivity contribution >= 4 is 29.2 Å². The Morgan fingerprint density at radius 1 is 1.22 bits per heavy atom. The lowest BCUT2D eigenvalue weighted by molar-refractivity contribution is -0.112. The zero-order valence-corrected chi connectivity index (χ0v) is 18.8. The highest BCUT2D eigenvalue weighted by Crippen LogP contribution is 2.44. The van der Waals surface area contributed by atoms with Crippen molar-refractivity contribution < 1.29 is 18.7 Å². The van der Waals surface area contributed by atoms with Crippen LogP contribution in [0, 0.1) is 5.82 Å². The lowest BCUT2D eigenvalue weighted by Crippen LogP contribution is -2.51. The Hall–Kier alpha value is -2.64. The molecule has 3 aliphatic rings. The summed E-state index contributed by atoms with van der Waals surface area (Å²) >= 11 is 6.07. The standard InChI is InChI=1S/C24H27ClFN3O3/c1-23(15-24(32-22(27)29-23)10-12-31-13-11-24)19-14-18(8-9-20(19)26)28-21(30)16-4-2-3-5-17(25)7-6-16/h4-9,14H,2-3,10-13,15H2,1H3,(H2,27,29)(H,28,30)/b7-6-,16-4+,17-5?. The van der Waals surface area contributed by atoms with Gasteiger partial charge in [-0.25, -0.2) is 9.38 Å². The van der Waals surface area contributed by atoms with Gasteiger partial charge in [0, 0.05) is 41.1 Å². The number of amides is 1. The molecular formula is C24H27ClFN3O3. The monoisotopic (exact) mass is 459 g/mol. The fourth-order valence-electron chi connectivity index (χ4n) is 4.52. The van der Waals surface area contributed by atoms with Gasteiger partial charge in [-0.05, 0) is 50.1 Å². The average molecular weight is 460 g/mol. The summed E-state index contributed by atoms with van der Waals surface area (Å²) in [7, 11) is 0. The molecule has 1 atom stereocenters. The molecule has 1 fully saturated rings. The van der Waals surface area contributed by atoms with Crippen molar-refractivity contribution in [2.45, 2.75) is 50.2 Å². The molecule has 1 spiro atoms. The van der Waals surface area contributed by atoms with E-state index < -0.39 is 17.0 Å². The van der Waals surface area contributed by atoms with E-state index in [1.54, 1.807) is 18.2 Å². The SMILES string of the molecule is CC1(c2cc(NC(=O)C3=C/CCC=C(Cl)/C=C\3)ccc2F)CC2(CCOCC2)OC(N)=N1. The van der Waals surface area contributed by atoms with Crippen molar-refractivity contribution in [3.05, 3.63) is 64.5 Å². The molecule has 1 aromatic rings. The molecule has 0 bridgehead atoms. The van der Waals surface area contributed by atoms with Crippen molar-refractivity contribution in [3.8, 4) is 0 Å². The van der Waals surface area contributed by atoms with Crippen molar-refractivity contribution in [3.63, 3.8) is 0 Å². The summed E-state index contributed by atoms with van der Waals surface area (Å²) in [5.41, 5.74) is 5.90. The number of carbonyl (C=O) groups excluding carboxylic acids is 1. The van der Waals surface area contributed by atoms with Gasteiger partial charge in [-0.2, -0.15) is 0 Å². The Labute approximate surface area is 192 Å². The average Bonchev–Trinajstić information content (AvgIpc) is 2.72. The number of amidine groups is 1. The summed E-state index contributed by atoms with van der Waals surface area (Å²) in [6.45, 7) is 2.96. The largest absolute Gasteiger partial charge is 0.459 e. The molecule has 2 aliphatic heterocycles. The first-order valence-electron chi connectivity index (χ1n) is 10.8. The maximum atomic E-state index is 15.0. The number of aliphatic imine (C=N–C) groups is 1. The maximum Gasteiger partial charge on any atom is 0.283 e. The highest BCUT2D eigenvalue weighted by atomic mass is 35.5. The predicted octanol–water partition coefficient (Wildman–Crippen LogP) is 4.66. The number of halogens is 2. The van der Waals surface area contributed by atoms with Crippen LogP contribution in [0.2, 0.25) is 0 Å². The molecule has 0 saturated carbocycles. The second-order valence-corrected chi connectivity index (χ2v) is 9.04. The number of ether oxygens (including phenoxy) is 2. The minimum atomic E-state index is -0.928. The van der Waals surface area contributed by atoms with Crippen LogP contribution in [0.5, 0.6) is 0 Å². The third kappa shape index (κ3) is 4.89. The predicted molar refractivity (Wildman–Crippen MR) is 123 cm³/mol. The lowest BCUT2D eigenvalue weighted by atomic mass is 9.76. The molecule has 170 valence electrons. The summed E-state index contributed by atoms with van der Waals surface area (Å²) in [6.07, 6.45) is 10.4. The van der Waals surface area contributed by atoms with E-state index in [0.29, 0.717) is 60.8 Å². The number of carbonyl (C=O) groups is 1. The first kappa shape index (κ1) is 22.6. The zero-order chi connectivity index (χ0) is 22.8. The van der Waals surface area contributed by atoms with Gasteiger partial charge in [0.25, 0.3) is 11.9 Å². The summed E-state index contributed by atoms with van der Waals surface area (Å²) in [4.78, 5) is 17.3. The molecule has 1 saturated heterocycles. The van der Waals surface area contributed by atoms with Crippen molar-refractivity contribution in [1.82, 2.24) is 0 Å². The molecule has 32 heavy (non-hydrogen) atoms. The van der Waals surface area contributed by atoms with Crippen molar-refractivity contribution in [1.29, 1.82) is 0 Å². The maximum absolute atomic E-state index is 15.0. The number of hydrogen-bond donors (Lipinski definition) is 2. The van der Waals surface area contributed by atoms with Crippen LogP contribution < -0.4 is 11.1 Å². The molecule has 1 aromatic carbocycles. The normalized spacial score (nSPS) is 27.7. The van der Waals surface area contributed by atoms with Crippen LogP contribution in [0.4, 0.5) is 10.1 Å². The fourth-order valence-corrected chi connectivity index (χ4v) is 4.69. The molecular weight excluding hydrogens is 433 g/mol. The molecule has 1 amide bonds. The van der Waals surface area contributed by atoms with E-state index in [-0.39, 0.29) is 11.9 Å². The third-order valence-corrected chi connectivity index (χ3v) is 6.39. The van der Waals surface area contributed by atoms with E-state index in [1.807, 2.05) is 19.1 Å². The topological polar surface area (TPSA) is 85.9 Å². The smallest absolute Gasteiger partial charge is 0.283 e. The van der Waals surface area contributed by atoms with Crippen LogP contribution in [-0.2, 0) is 19.8 Å². The Kier molecular flexibility index (Phi) is 6.40. The van der Waals surface area contributed by atoms with Gasteiger partial charge in [0.1, 0.15) is 11.4 Å². The summed E-state index contributed by atoms with van der Waals surface area (Å²) in [5, 5.41) is 3.46. The van der Waals surface area contributed by atoms with E-state index >= 15 is 0 Å². The van der Waals surface area contributed by atoms with Crippen LogP contribution in [0.1, 0.15) is 44.6 Å². The van der Waals surface area contributed by atoms with Crippen LogP contribution in [0.25, 0.3) is 0 Å². The molecule has 2 heterocycles. The van der Waals surface area contributed by atoms with E-state index in [9.17, 15) is 9.18 Å². The number of benzene rings is 1. The summed E-state index contributed by atoms with van der Waals surface area (Å²) in [5.74, 6) is -0.695. The number of hydrogen-bond acceptors (Lipinski definition) is 5. The number of nitrogens with zero attached hydrogens (tertiary/aromatic N) is 1. The van der Waals surface area contributed by atoms with Crippen LogP contribution >= 0.6 is 11.6 Å². The van der Waals surface area contributed by atoms with E-state index in [4.69, 9.17) is 26.8 Å². The van der Waals surface area contributed by atoms with Gasteiger partial charge in [0.2, 0.25) is 0 Å². The first-order valence-corrected chi connectivity index (χ1v) is 11.1. The van der Waals surface area contributed by atoms with Gasteiger partial charge >= 0.3 is 0 Å². The lowest BCUT2D eigenvalue weighted by Gasteiger charge is -2.45. The molecule has 0 radical (unpaired) electrons. The van der Waals surface area contributed by atoms with E-state index in [1.165, 1.54) is 12.1 Å². The van der Waals surface area contributed by atoms with Gasteiger partial charge in [-0.15, -0.1) is 0 Å². The second-order valence-electron chi connectivity index (χ2n) is 8.61. The number of nitrogens with two attached hydrogens (primary N) is 1. The van der Waals surface area contributed by atoms with Crippen molar-refractivity contribution in [2.24, 2.45) is 10.7 Å². The second kappa shape index (κ2) is 9.08. The van der Waals surface area contributed by atoms with E-state index in [2.05, 4.69) is 10.3 Å². The van der Waals surface area contributed by atoms with Crippen LogP contribution in [0.3, 0.4) is 0 Å². The number of nitrogens with one attached hydrogen (secondary N) is 1. The Morgan fingerprint density at radius 3 is 2.75 bits per heavy atom. The Balaban J connectivity index is 1.60. The van der Waals surface area contributed by atoms with Gasteiger partial charge < -0.3 is 20.5 Å². The Morgan fingerprint density at radius 2 is 1.97 bits per heavy atom. The van der Waals surface area contributed by atoms with E-state index in [0.717, 1.165) is 6.42 Å². The third-order valence-electron chi connectivity index (χ3n) is 6.11. The highest BCUT2D eigenvalue weighted by molar-refractivity contribution is 6.31. The number of anilines is 1. The molecule has 3 N–H and O–H groups in total. The number of allylic oxidation sites excluding steroid dienone is 4. The molecule has 4 rings (SSSR count). The minimum Gasteiger partial charge on any atom is -0.459 e. The van der Waals surface area contributed by atoms with Gasteiger partial charge in [0.05, 0.1) is 18.8 Å². The van der Waals surface area contributed by atoms with Gasteiger partial charge in [-0.3, -0.25) is 4.79 Å².